The van der Waals surface area contributed by atoms with Gasteiger partial charge >= 0.3 is 0 Å². The molecule has 1 aliphatic carbocycles. The van der Waals surface area contributed by atoms with Gasteiger partial charge in [0.15, 0.2) is 0 Å². The summed E-state index contributed by atoms with van der Waals surface area (Å²) in [6.07, 6.45) is 7.44. The summed E-state index contributed by atoms with van der Waals surface area (Å²) in [5, 5.41) is 4.09. The quantitative estimate of drug-likeness (QED) is 0.828. The average Bonchev–Trinajstić information content (AvgIpc) is 2.14. The number of nitrogens with one attached hydrogen (secondary N) is 1. The lowest BCUT2D eigenvalue weighted by Gasteiger charge is -2.38. The molecule has 0 amide bonds. The molecule has 1 N–H and O–H groups in total. The predicted octanol–water partition coefficient (Wildman–Crippen LogP) is 3.34. The first-order valence-corrected chi connectivity index (χ1v) is 5.41. The fourth-order valence-corrected chi connectivity index (χ4v) is 1.97. The summed E-state index contributed by atoms with van der Waals surface area (Å²) < 4.78 is 0. The highest BCUT2D eigenvalue weighted by Gasteiger charge is 2.31. The Balaban J connectivity index is 1.95. The van der Waals surface area contributed by atoms with Crippen molar-refractivity contribution < 1.29 is 0 Å². The maximum absolute atomic E-state index is 5.99. The number of nitrogens with zero attached hydrogens (tertiary/aromatic N) is 1. The van der Waals surface area contributed by atoms with Crippen molar-refractivity contribution in [1.82, 2.24) is 4.98 Å². The van der Waals surface area contributed by atoms with Crippen molar-refractivity contribution in [3.63, 3.8) is 0 Å². The van der Waals surface area contributed by atoms with Gasteiger partial charge in [-0.15, -0.1) is 0 Å². The van der Waals surface area contributed by atoms with Crippen molar-refractivity contribution in [3.8, 4) is 0 Å². The SMILES string of the molecule is CC1(CNc2ccncc2Cl)CCC1. The van der Waals surface area contributed by atoms with Crippen LogP contribution in [-0.2, 0) is 0 Å². The zero-order chi connectivity index (χ0) is 10.0. The molecule has 1 saturated carbocycles. The summed E-state index contributed by atoms with van der Waals surface area (Å²) in [5.41, 5.74) is 1.47. The molecule has 0 unspecified atom stereocenters. The second-order valence-electron chi connectivity index (χ2n) is 4.37. The highest BCUT2D eigenvalue weighted by molar-refractivity contribution is 6.33. The molecule has 14 heavy (non-hydrogen) atoms. The third-order valence-corrected chi connectivity index (χ3v) is 3.34. The first-order chi connectivity index (χ1) is 6.70. The van der Waals surface area contributed by atoms with E-state index >= 15 is 0 Å². The smallest absolute Gasteiger partial charge is 0.0820 e. The van der Waals surface area contributed by atoms with Crippen LogP contribution in [0, 0.1) is 5.41 Å². The minimum absolute atomic E-state index is 0.479. The lowest BCUT2D eigenvalue weighted by Crippen LogP contribution is -2.33. The summed E-state index contributed by atoms with van der Waals surface area (Å²) in [6, 6.07) is 1.92. The van der Waals surface area contributed by atoms with Gasteiger partial charge in [0.25, 0.3) is 0 Å². The molecule has 0 aliphatic heterocycles. The fourth-order valence-electron chi connectivity index (χ4n) is 1.78. The number of hydrogen-bond donors (Lipinski definition) is 1. The number of hydrogen-bond acceptors (Lipinski definition) is 2. The van der Waals surface area contributed by atoms with Crippen molar-refractivity contribution in [2.75, 3.05) is 11.9 Å². The van der Waals surface area contributed by atoms with E-state index in [9.17, 15) is 0 Å². The average molecular weight is 211 g/mol. The number of pyridine rings is 1. The van der Waals surface area contributed by atoms with Crippen LogP contribution in [0.15, 0.2) is 18.5 Å². The summed E-state index contributed by atoms with van der Waals surface area (Å²) in [4.78, 5) is 3.95. The second kappa shape index (κ2) is 3.77. The molecule has 0 aromatic carbocycles. The van der Waals surface area contributed by atoms with Gasteiger partial charge in [0.05, 0.1) is 10.7 Å². The van der Waals surface area contributed by atoms with E-state index in [0.717, 1.165) is 12.2 Å². The van der Waals surface area contributed by atoms with Crippen LogP contribution in [0.25, 0.3) is 0 Å². The topological polar surface area (TPSA) is 24.9 Å². The Morgan fingerprint density at radius 3 is 2.93 bits per heavy atom. The first-order valence-electron chi connectivity index (χ1n) is 5.03. The van der Waals surface area contributed by atoms with Crippen LogP contribution in [0.5, 0.6) is 0 Å². The minimum Gasteiger partial charge on any atom is -0.383 e. The Kier molecular flexibility index (Phi) is 2.64. The van der Waals surface area contributed by atoms with E-state index in [0.29, 0.717) is 10.4 Å². The van der Waals surface area contributed by atoms with E-state index < -0.39 is 0 Å². The van der Waals surface area contributed by atoms with E-state index in [1.807, 2.05) is 6.07 Å². The summed E-state index contributed by atoms with van der Waals surface area (Å²) in [7, 11) is 0. The van der Waals surface area contributed by atoms with Crippen molar-refractivity contribution in [1.29, 1.82) is 0 Å². The molecular weight excluding hydrogens is 196 g/mol. The Morgan fingerprint density at radius 2 is 2.36 bits per heavy atom. The largest absolute Gasteiger partial charge is 0.383 e. The molecule has 0 saturated heterocycles. The zero-order valence-electron chi connectivity index (χ0n) is 8.39. The maximum Gasteiger partial charge on any atom is 0.0820 e. The molecule has 2 rings (SSSR count). The molecule has 0 spiro atoms. The highest BCUT2D eigenvalue weighted by Crippen LogP contribution is 2.40. The fraction of sp³-hybridized carbons (Fsp3) is 0.545. The Hall–Kier alpha value is -0.760. The molecule has 0 radical (unpaired) electrons. The highest BCUT2D eigenvalue weighted by atomic mass is 35.5. The van der Waals surface area contributed by atoms with Crippen LogP contribution in [0.4, 0.5) is 5.69 Å². The molecular formula is C11H15ClN2. The second-order valence-corrected chi connectivity index (χ2v) is 4.78. The van der Waals surface area contributed by atoms with Gasteiger partial charge in [0, 0.05) is 18.9 Å². The molecule has 1 aromatic rings. The predicted molar refractivity (Wildman–Crippen MR) is 59.7 cm³/mol. The summed E-state index contributed by atoms with van der Waals surface area (Å²) in [5.74, 6) is 0. The molecule has 1 aliphatic rings. The van der Waals surface area contributed by atoms with Crippen molar-refractivity contribution in [2.45, 2.75) is 26.2 Å². The van der Waals surface area contributed by atoms with E-state index in [1.165, 1.54) is 19.3 Å². The minimum atomic E-state index is 0.479. The van der Waals surface area contributed by atoms with Crippen LogP contribution in [0.3, 0.4) is 0 Å². The summed E-state index contributed by atoms with van der Waals surface area (Å²) >= 11 is 5.99. The molecule has 1 fully saturated rings. The molecule has 0 atom stereocenters. The molecule has 2 nitrogen and oxygen atoms in total. The zero-order valence-corrected chi connectivity index (χ0v) is 9.14. The molecule has 0 bridgehead atoms. The standard InChI is InChI=1S/C11H15ClN2/c1-11(4-2-5-11)8-14-10-3-6-13-7-9(10)12/h3,6-7H,2,4-5,8H2,1H3,(H,13,14). The van der Waals surface area contributed by atoms with E-state index in [-0.39, 0.29) is 0 Å². The Labute approximate surface area is 89.7 Å². The van der Waals surface area contributed by atoms with Crippen molar-refractivity contribution in [2.24, 2.45) is 5.41 Å². The van der Waals surface area contributed by atoms with Gasteiger partial charge in [-0.05, 0) is 24.3 Å². The van der Waals surface area contributed by atoms with E-state index in [1.54, 1.807) is 12.4 Å². The third kappa shape index (κ3) is 2.01. The first kappa shape index (κ1) is 9.78. The van der Waals surface area contributed by atoms with Crippen LogP contribution < -0.4 is 5.32 Å². The third-order valence-electron chi connectivity index (χ3n) is 3.04. The van der Waals surface area contributed by atoms with Gasteiger partial charge in [-0.3, -0.25) is 4.98 Å². The number of anilines is 1. The Bertz CT molecular complexity index is 321. The van der Waals surface area contributed by atoms with Gasteiger partial charge in [-0.2, -0.15) is 0 Å². The van der Waals surface area contributed by atoms with Crippen LogP contribution in [-0.4, -0.2) is 11.5 Å². The molecule has 76 valence electrons. The van der Waals surface area contributed by atoms with Gasteiger partial charge < -0.3 is 5.32 Å². The number of aromatic nitrogens is 1. The van der Waals surface area contributed by atoms with Crippen LogP contribution in [0.2, 0.25) is 5.02 Å². The maximum atomic E-state index is 5.99. The van der Waals surface area contributed by atoms with Crippen molar-refractivity contribution >= 4 is 17.3 Å². The van der Waals surface area contributed by atoms with Gasteiger partial charge in [-0.25, -0.2) is 0 Å². The number of halogens is 1. The van der Waals surface area contributed by atoms with Crippen molar-refractivity contribution in [3.05, 3.63) is 23.5 Å². The molecule has 3 heteroatoms. The van der Waals surface area contributed by atoms with Gasteiger partial charge in [-0.1, -0.05) is 24.9 Å². The van der Waals surface area contributed by atoms with E-state index in [4.69, 9.17) is 11.6 Å². The number of rotatable bonds is 3. The summed E-state index contributed by atoms with van der Waals surface area (Å²) in [6.45, 7) is 3.33. The normalized spacial score (nSPS) is 18.7. The van der Waals surface area contributed by atoms with Gasteiger partial charge in [0.2, 0.25) is 0 Å². The van der Waals surface area contributed by atoms with E-state index in [2.05, 4.69) is 17.2 Å². The monoisotopic (exact) mass is 210 g/mol. The Morgan fingerprint density at radius 1 is 1.57 bits per heavy atom. The van der Waals surface area contributed by atoms with Gasteiger partial charge in [0.1, 0.15) is 0 Å². The molecule has 1 heterocycles. The molecule has 1 aromatic heterocycles. The van der Waals surface area contributed by atoms with Crippen LogP contribution >= 0.6 is 11.6 Å². The van der Waals surface area contributed by atoms with Crippen LogP contribution in [0.1, 0.15) is 26.2 Å². The lowest BCUT2D eigenvalue weighted by molar-refractivity contribution is 0.180. The lowest BCUT2D eigenvalue weighted by atomic mass is 9.70.